The summed E-state index contributed by atoms with van der Waals surface area (Å²) in [6.07, 6.45) is 0.253. The summed E-state index contributed by atoms with van der Waals surface area (Å²) in [6.45, 7) is 0.405. The number of rotatable bonds is 1. The van der Waals surface area contributed by atoms with E-state index < -0.39 is 0 Å². The molecule has 1 fully saturated rings. The van der Waals surface area contributed by atoms with E-state index in [4.69, 9.17) is 5.84 Å². The Morgan fingerprint density at radius 1 is 1.73 bits per heavy atom. The highest BCUT2D eigenvalue weighted by molar-refractivity contribution is 5.88. The summed E-state index contributed by atoms with van der Waals surface area (Å²) in [6, 6.07) is 0. The van der Waals surface area contributed by atoms with Crippen molar-refractivity contribution in [3.8, 4) is 0 Å². The number of nitrogens with two attached hydrogens (primary N) is 1. The molecule has 0 aliphatic carbocycles. The second-order valence-electron chi connectivity index (χ2n) is 2.21. The van der Waals surface area contributed by atoms with E-state index in [1.807, 2.05) is 5.43 Å². The number of hydrazine groups is 1. The smallest absolute Gasteiger partial charge is 0.239 e. The Labute approximate surface area is 70.1 Å². The zero-order valence-corrected chi connectivity index (χ0v) is 6.61. The number of nitrogens with one attached hydrogen (secondary N) is 2. The second-order valence-corrected chi connectivity index (χ2v) is 2.21. The molecule has 1 aliphatic heterocycles. The molecule has 5 nitrogen and oxygen atoms in total. The van der Waals surface area contributed by atoms with Crippen LogP contribution in [-0.2, 0) is 9.59 Å². The Morgan fingerprint density at radius 3 is 2.73 bits per heavy atom. The Bertz CT molecular complexity index is 173. The molecule has 0 aromatic carbocycles. The predicted octanol–water partition coefficient (Wildman–Crippen LogP) is -1.47. The summed E-state index contributed by atoms with van der Waals surface area (Å²) < 4.78 is 0. The molecule has 1 rings (SSSR count). The van der Waals surface area contributed by atoms with E-state index in [1.54, 1.807) is 0 Å². The van der Waals surface area contributed by atoms with Gasteiger partial charge in [0, 0.05) is 13.0 Å². The predicted molar refractivity (Wildman–Crippen MR) is 40.7 cm³/mol. The summed E-state index contributed by atoms with van der Waals surface area (Å²) in [5.41, 5.74) is 2.00. The zero-order valence-electron chi connectivity index (χ0n) is 5.79. The molecule has 0 aromatic rings. The van der Waals surface area contributed by atoms with Gasteiger partial charge < -0.3 is 5.32 Å². The Morgan fingerprint density at radius 2 is 2.36 bits per heavy atom. The quantitative estimate of drug-likeness (QED) is 0.261. The van der Waals surface area contributed by atoms with Crippen molar-refractivity contribution in [2.24, 2.45) is 11.8 Å². The van der Waals surface area contributed by atoms with E-state index in [0.29, 0.717) is 6.54 Å². The molecule has 1 saturated heterocycles. The first-order valence-electron chi connectivity index (χ1n) is 3.01. The Kier molecular flexibility index (Phi) is 3.84. The van der Waals surface area contributed by atoms with Crippen molar-refractivity contribution in [2.45, 2.75) is 6.42 Å². The van der Waals surface area contributed by atoms with Crippen LogP contribution < -0.4 is 16.6 Å². The average molecular weight is 180 g/mol. The van der Waals surface area contributed by atoms with Gasteiger partial charge >= 0.3 is 0 Å². The molecule has 1 unspecified atom stereocenters. The molecule has 11 heavy (non-hydrogen) atoms. The molecule has 2 amide bonds. The molecule has 4 N–H and O–H groups in total. The van der Waals surface area contributed by atoms with Crippen molar-refractivity contribution >= 4 is 24.2 Å². The fourth-order valence-corrected chi connectivity index (χ4v) is 0.908. The van der Waals surface area contributed by atoms with Gasteiger partial charge in [-0.25, -0.2) is 5.84 Å². The third kappa shape index (κ3) is 2.36. The van der Waals surface area contributed by atoms with Gasteiger partial charge in [0.15, 0.2) is 0 Å². The lowest BCUT2D eigenvalue weighted by molar-refractivity contribution is -0.126. The highest BCUT2D eigenvalue weighted by atomic mass is 35.5. The average Bonchev–Trinajstić information content (AvgIpc) is 2.34. The van der Waals surface area contributed by atoms with Crippen LogP contribution in [0.3, 0.4) is 0 Å². The first kappa shape index (κ1) is 10.2. The van der Waals surface area contributed by atoms with Gasteiger partial charge in [-0.05, 0) is 0 Å². The topological polar surface area (TPSA) is 84.2 Å². The minimum Gasteiger partial charge on any atom is -0.355 e. The lowest BCUT2D eigenvalue weighted by Gasteiger charge is -2.02. The van der Waals surface area contributed by atoms with E-state index in [1.165, 1.54) is 0 Å². The van der Waals surface area contributed by atoms with E-state index in [-0.39, 0.29) is 36.6 Å². The molecule has 0 aromatic heterocycles. The van der Waals surface area contributed by atoms with Crippen molar-refractivity contribution in [1.29, 1.82) is 0 Å². The van der Waals surface area contributed by atoms with Crippen LogP contribution in [0.5, 0.6) is 0 Å². The number of hydrogen-bond acceptors (Lipinski definition) is 3. The fourth-order valence-electron chi connectivity index (χ4n) is 0.908. The standard InChI is InChI=1S/C5H9N3O2.ClH/c6-8-5(10)3-1-4(9)7-2-3;/h3H,1-2,6H2,(H,7,9)(H,8,10);1H. The van der Waals surface area contributed by atoms with Gasteiger partial charge in [0.2, 0.25) is 11.8 Å². The maximum Gasteiger partial charge on any atom is 0.239 e. The normalized spacial score (nSPS) is 21.9. The first-order chi connectivity index (χ1) is 4.74. The minimum atomic E-state index is -0.280. The van der Waals surface area contributed by atoms with Crippen LogP contribution >= 0.6 is 12.4 Å². The monoisotopic (exact) mass is 179 g/mol. The molecule has 1 atom stereocenters. The second kappa shape index (κ2) is 4.15. The van der Waals surface area contributed by atoms with Crippen LogP contribution in [-0.4, -0.2) is 18.4 Å². The van der Waals surface area contributed by atoms with Crippen LogP contribution in [0.15, 0.2) is 0 Å². The molecule has 6 heteroatoms. The van der Waals surface area contributed by atoms with Gasteiger partial charge in [0.25, 0.3) is 0 Å². The molecule has 1 aliphatic rings. The Balaban J connectivity index is 0.000001000. The van der Waals surface area contributed by atoms with Gasteiger partial charge in [0.1, 0.15) is 0 Å². The van der Waals surface area contributed by atoms with Crippen LogP contribution in [0, 0.1) is 5.92 Å². The van der Waals surface area contributed by atoms with E-state index in [9.17, 15) is 9.59 Å². The number of amides is 2. The maximum atomic E-state index is 10.7. The molecule has 1 heterocycles. The van der Waals surface area contributed by atoms with Gasteiger partial charge in [0.05, 0.1) is 5.92 Å². The van der Waals surface area contributed by atoms with Crippen LogP contribution in [0.1, 0.15) is 6.42 Å². The molecule has 0 saturated carbocycles. The number of carbonyl (C=O) groups is 2. The zero-order chi connectivity index (χ0) is 7.56. The summed E-state index contributed by atoms with van der Waals surface area (Å²) in [5.74, 6) is 4.21. The van der Waals surface area contributed by atoms with E-state index in [0.717, 1.165) is 0 Å². The van der Waals surface area contributed by atoms with Crippen molar-refractivity contribution < 1.29 is 9.59 Å². The van der Waals surface area contributed by atoms with Crippen molar-refractivity contribution in [3.05, 3.63) is 0 Å². The van der Waals surface area contributed by atoms with Gasteiger partial charge in [-0.15, -0.1) is 12.4 Å². The van der Waals surface area contributed by atoms with Crippen molar-refractivity contribution in [2.75, 3.05) is 6.54 Å². The molecule has 0 spiro atoms. The minimum absolute atomic E-state index is 0. The fraction of sp³-hybridized carbons (Fsp3) is 0.600. The van der Waals surface area contributed by atoms with Gasteiger partial charge in [-0.1, -0.05) is 0 Å². The van der Waals surface area contributed by atoms with E-state index in [2.05, 4.69) is 5.32 Å². The van der Waals surface area contributed by atoms with Crippen molar-refractivity contribution in [1.82, 2.24) is 10.7 Å². The van der Waals surface area contributed by atoms with E-state index >= 15 is 0 Å². The lowest BCUT2D eigenvalue weighted by Crippen LogP contribution is -2.36. The maximum absolute atomic E-state index is 10.7. The largest absolute Gasteiger partial charge is 0.355 e. The number of halogens is 1. The summed E-state index contributed by atoms with van der Waals surface area (Å²) in [4.78, 5) is 21.3. The summed E-state index contributed by atoms with van der Waals surface area (Å²) in [7, 11) is 0. The van der Waals surface area contributed by atoms with Crippen molar-refractivity contribution in [3.63, 3.8) is 0 Å². The summed E-state index contributed by atoms with van der Waals surface area (Å²) in [5, 5.41) is 2.53. The van der Waals surface area contributed by atoms with Gasteiger partial charge in [-0.2, -0.15) is 0 Å². The third-order valence-corrected chi connectivity index (χ3v) is 1.49. The number of carbonyl (C=O) groups excluding carboxylic acids is 2. The molecular weight excluding hydrogens is 170 g/mol. The molecule has 64 valence electrons. The lowest BCUT2D eigenvalue weighted by atomic mass is 10.1. The highest BCUT2D eigenvalue weighted by Gasteiger charge is 2.26. The molecular formula is C5H10ClN3O2. The molecule has 0 bridgehead atoms. The summed E-state index contributed by atoms with van der Waals surface area (Å²) >= 11 is 0. The molecule has 0 radical (unpaired) electrons. The highest BCUT2D eigenvalue weighted by Crippen LogP contribution is 2.07. The third-order valence-electron chi connectivity index (χ3n) is 1.49. The van der Waals surface area contributed by atoms with Gasteiger partial charge in [-0.3, -0.25) is 15.0 Å². The first-order valence-corrected chi connectivity index (χ1v) is 3.01. The van der Waals surface area contributed by atoms with Crippen LogP contribution in [0.4, 0.5) is 0 Å². The van der Waals surface area contributed by atoms with Crippen LogP contribution in [0.2, 0.25) is 0 Å². The SMILES string of the molecule is Cl.NNC(=O)C1CNC(=O)C1. The van der Waals surface area contributed by atoms with Crippen LogP contribution in [0.25, 0.3) is 0 Å². The number of hydrogen-bond donors (Lipinski definition) is 3. The Hall–Kier alpha value is -0.810.